The zero-order valence-electron chi connectivity index (χ0n) is 6.46. The summed E-state index contributed by atoms with van der Waals surface area (Å²) in [7, 11) is 0. The van der Waals surface area contributed by atoms with Crippen molar-refractivity contribution in [3.8, 4) is 0 Å². The number of fused-ring (bicyclic) bond motifs is 1. The van der Waals surface area contributed by atoms with E-state index in [0.717, 1.165) is 0 Å². The van der Waals surface area contributed by atoms with E-state index in [2.05, 4.69) is 37.3 Å². The molecule has 2 aromatic rings. The molecule has 0 aliphatic rings. The quantitative estimate of drug-likeness (QED) is 0.529. The van der Waals surface area contributed by atoms with E-state index in [0.29, 0.717) is 0 Å². The van der Waals surface area contributed by atoms with Gasteiger partial charge in [-0.3, -0.25) is 0 Å². The lowest BCUT2D eigenvalue weighted by Crippen LogP contribution is -1.73. The van der Waals surface area contributed by atoms with Crippen LogP contribution in [0.4, 0.5) is 0 Å². The monoisotopic (exact) mass is 141 g/mol. The predicted octanol–water partition coefficient (Wildman–Crippen LogP) is 2.95. The van der Waals surface area contributed by atoms with Crippen molar-refractivity contribution in [2.24, 2.45) is 0 Å². The van der Waals surface area contributed by atoms with Gasteiger partial charge >= 0.3 is 0 Å². The van der Waals surface area contributed by atoms with Gasteiger partial charge in [-0.15, -0.1) is 0 Å². The first-order valence-corrected chi connectivity index (χ1v) is 3.73. The van der Waals surface area contributed by atoms with E-state index < -0.39 is 0 Å². The maximum atomic E-state index is 3.05. The molecule has 0 aromatic heterocycles. The van der Waals surface area contributed by atoms with E-state index in [9.17, 15) is 0 Å². The van der Waals surface area contributed by atoms with Gasteiger partial charge in [-0.2, -0.15) is 0 Å². The normalized spacial score (nSPS) is 10.3. The Morgan fingerprint density at radius 1 is 1.09 bits per heavy atom. The van der Waals surface area contributed by atoms with E-state index in [1.807, 2.05) is 12.1 Å². The number of hydrogen-bond donors (Lipinski definition) is 0. The van der Waals surface area contributed by atoms with Gasteiger partial charge in [-0.25, -0.2) is 0 Å². The molecule has 0 heteroatoms. The summed E-state index contributed by atoms with van der Waals surface area (Å²) in [6, 6.07) is 15.5. The van der Waals surface area contributed by atoms with Crippen molar-refractivity contribution in [3.05, 3.63) is 48.0 Å². The summed E-state index contributed by atoms with van der Waals surface area (Å²) in [5.41, 5.74) is 1.31. The molecule has 0 saturated heterocycles. The first kappa shape index (κ1) is 6.41. The second-order valence-electron chi connectivity index (χ2n) is 2.78. The predicted molar refractivity (Wildman–Crippen MR) is 47.5 cm³/mol. The van der Waals surface area contributed by atoms with Gasteiger partial charge in [0.15, 0.2) is 0 Å². The number of rotatable bonds is 0. The molecule has 53 valence electrons. The Morgan fingerprint density at radius 3 is 2.91 bits per heavy atom. The summed E-state index contributed by atoms with van der Waals surface area (Å²) < 4.78 is 0. The number of hydrogen-bond acceptors (Lipinski definition) is 0. The van der Waals surface area contributed by atoms with Gasteiger partial charge in [-0.05, 0) is 29.8 Å². The first-order chi connectivity index (χ1) is 5.36. The average molecular weight is 141 g/mol. The minimum Gasteiger partial charge on any atom is -0.0587 e. The molecule has 0 N–H and O–H groups in total. The van der Waals surface area contributed by atoms with Gasteiger partial charge in [0.05, 0.1) is 0 Å². The van der Waals surface area contributed by atoms with Crippen LogP contribution < -0.4 is 0 Å². The Labute approximate surface area is 66.5 Å². The standard InChI is InChI=1S/C11H9/c1-9-6-7-10-4-2-3-5-11(10)8-9/h3-8H,1H3. The van der Waals surface area contributed by atoms with Gasteiger partial charge in [-0.1, -0.05) is 35.9 Å². The fraction of sp³-hybridized carbons (Fsp3) is 0.0909. The molecule has 1 radical (unpaired) electrons. The van der Waals surface area contributed by atoms with Crippen molar-refractivity contribution >= 4 is 10.8 Å². The lowest BCUT2D eigenvalue weighted by Gasteiger charge is -1.96. The summed E-state index contributed by atoms with van der Waals surface area (Å²) in [5.74, 6) is 0. The van der Waals surface area contributed by atoms with Crippen molar-refractivity contribution in [3.63, 3.8) is 0 Å². The topological polar surface area (TPSA) is 0 Å². The molecule has 2 rings (SSSR count). The van der Waals surface area contributed by atoms with Gasteiger partial charge < -0.3 is 0 Å². The maximum Gasteiger partial charge on any atom is -0.0177 e. The molecule has 0 bridgehead atoms. The molecule has 0 amide bonds. The molecule has 0 heterocycles. The van der Waals surface area contributed by atoms with Crippen LogP contribution in [0, 0.1) is 13.0 Å². The van der Waals surface area contributed by atoms with Gasteiger partial charge in [0.1, 0.15) is 0 Å². The fourth-order valence-corrected chi connectivity index (χ4v) is 1.25. The van der Waals surface area contributed by atoms with Crippen LogP contribution in [0.25, 0.3) is 10.8 Å². The summed E-state index contributed by atoms with van der Waals surface area (Å²) in [6.07, 6.45) is 0. The molecule has 0 fully saturated rings. The third kappa shape index (κ3) is 1.12. The van der Waals surface area contributed by atoms with Crippen LogP contribution in [0.3, 0.4) is 0 Å². The Morgan fingerprint density at radius 2 is 2.00 bits per heavy atom. The molecule has 0 saturated carbocycles. The maximum absolute atomic E-state index is 3.05. The van der Waals surface area contributed by atoms with Crippen molar-refractivity contribution in [2.45, 2.75) is 6.92 Å². The Hall–Kier alpha value is -1.30. The average Bonchev–Trinajstić information content (AvgIpc) is 2.04. The lowest BCUT2D eigenvalue weighted by molar-refractivity contribution is 1.51. The Kier molecular flexibility index (Phi) is 1.39. The highest BCUT2D eigenvalue weighted by Gasteiger charge is 1.89. The van der Waals surface area contributed by atoms with E-state index in [4.69, 9.17) is 0 Å². The second-order valence-corrected chi connectivity index (χ2v) is 2.78. The highest BCUT2D eigenvalue weighted by atomic mass is 13.9. The lowest BCUT2D eigenvalue weighted by atomic mass is 10.1. The Bertz CT molecular complexity index is 374. The van der Waals surface area contributed by atoms with Crippen LogP contribution in [0.5, 0.6) is 0 Å². The van der Waals surface area contributed by atoms with Crippen LogP contribution in [0.1, 0.15) is 5.56 Å². The fourth-order valence-electron chi connectivity index (χ4n) is 1.25. The highest BCUT2D eigenvalue weighted by molar-refractivity contribution is 5.82. The Balaban J connectivity index is 2.83. The highest BCUT2D eigenvalue weighted by Crippen LogP contribution is 2.14. The minimum atomic E-state index is 1.26. The van der Waals surface area contributed by atoms with E-state index in [1.54, 1.807) is 0 Å². The van der Waals surface area contributed by atoms with E-state index in [1.165, 1.54) is 16.3 Å². The smallest absolute Gasteiger partial charge is 0.0177 e. The molecule has 11 heavy (non-hydrogen) atoms. The first-order valence-electron chi connectivity index (χ1n) is 3.73. The van der Waals surface area contributed by atoms with Crippen LogP contribution in [0.15, 0.2) is 36.4 Å². The molecular formula is C11H9. The molecule has 0 atom stereocenters. The van der Waals surface area contributed by atoms with Gasteiger partial charge in [0.2, 0.25) is 0 Å². The molecular weight excluding hydrogens is 132 g/mol. The molecule has 0 unspecified atom stereocenters. The molecule has 2 aromatic carbocycles. The summed E-state index contributed by atoms with van der Waals surface area (Å²) >= 11 is 0. The van der Waals surface area contributed by atoms with Gasteiger partial charge in [0.25, 0.3) is 0 Å². The summed E-state index contributed by atoms with van der Waals surface area (Å²) in [5, 5.41) is 2.56. The summed E-state index contributed by atoms with van der Waals surface area (Å²) in [6.45, 7) is 2.11. The number of benzene rings is 2. The van der Waals surface area contributed by atoms with E-state index in [-0.39, 0.29) is 0 Å². The minimum absolute atomic E-state index is 1.26. The zero-order valence-corrected chi connectivity index (χ0v) is 6.46. The van der Waals surface area contributed by atoms with Crippen LogP contribution >= 0.6 is 0 Å². The molecule has 0 spiro atoms. The SMILES string of the molecule is Cc1ccc2c[c]ccc2c1. The molecule has 0 aliphatic carbocycles. The van der Waals surface area contributed by atoms with Crippen LogP contribution in [0.2, 0.25) is 0 Å². The largest absolute Gasteiger partial charge is 0.0587 e. The van der Waals surface area contributed by atoms with Gasteiger partial charge in [0, 0.05) is 0 Å². The van der Waals surface area contributed by atoms with Crippen molar-refractivity contribution < 1.29 is 0 Å². The molecule has 0 nitrogen and oxygen atoms in total. The van der Waals surface area contributed by atoms with Crippen molar-refractivity contribution in [1.29, 1.82) is 0 Å². The third-order valence-electron chi connectivity index (χ3n) is 1.84. The second kappa shape index (κ2) is 2.39. The number of aryl methyl sites for hydroxylation is 1. The van der Waals surface area contributed by atoms with Crippen molar-refractivity contribution in [2.75, 3.05) is 0 Å². The third-order valence-corrected chi connectivity index (χ3v) is 1.84. The zero-order chi connectivity index (χ0) is 7.68. The van der Waals surface area contributed by atoms with Crippen molar-refractivity contribution in [1.82, 2.24) is 0 Å². The van der Waals surface area contributed by atoms with E-state index >= 15 is 0 Å². The van der Waals surface area contributed by atoms with Crippen LogP contribution in [-0.4, -0.2) is 0 Å². The summed E-state index contributed by atoms with van der Waals surface area (Å²) in [4.78, 5) is 0. The molecule has 0 aliphatic heterocycles. The van der Waals surface area contributed by atoms with Crippen LogP contribution in [-0.2, 0) is 0 Å².